The second-order valence-corrected chi connectivity index (χ2v) is 15.3. The van der Waals surface area contributed by atoms with E-state index in [1.807, 2.05) is 0 Å². The first-order chi connectivity index (χ1) is 20.0. The first kappa shape index (κ1) is 32.1. The molecule has 42 heavy (non-hydrogen) atoms. The van der Waals surface area contributed by atoms with Crippen LogP contribution in [0.15, 0.2) is 58.3 Å². The van der Waals surface area contributed by atoms with Gasteiger partial charge >= 0.3 is 0 Å². The number of hydrogen-bond donors (Lipinski definition) is 2. The molecule has 0 atom stereocenters. The lowest BCUT2D eigenvalue weighted by Crippen LogP contribution is -2.38. The van der Waals surface area contributed by atoms with Crippen LogP contribution < -0.4 is 10.6 Å². The topological polar surface area (TPSA) is 133 Å². The molecule has 2 amide bonds. The second kappa shape index (κ2) is 14.1. The second-order valence-electron chi connectivity index (χ2n) is 11.3. The Morgan fingerprint density at radius 2 is 0.905 bits per heavy atom. The smallest absolute Gasteiger partial charge is 0.243 e. The molecule has 0 aromatic heterocycles. The molecule has 4 rings (SSSR count). The maximum atomic E-state index is 13.0. The van der Waals surface area contributed by atoms with Gasteiger partial charge in [0, 0.05) is 50.4 Å². The number of nitrogens with zero attached hydrogens (tertiary/aromatic N) is 2. The first-order valence-corrected chi connectivity index (χ1v) is 17.6. The van der Waals surface area contributed by atoms with E-state index in [4.69, 9.17) is 0 Å². The molecule has 0 radical (unpaired) electrons. The van der Waals surface area contributed by atoms with E-state index in [-0.39, 0.29) is 46.5 Å². The van der Waals surface area contributed by atoms with Gasteiger partial charge in [0.25, 0.3) is 0 Å². The van der Waals surface area contributed by atoms with E-state index in [1.54, 1.807) is 38.4 Å². The number of anilines is 2. The Bertz CT molecular complexity index is 1320. The van der Waals surface area contributed by atoms with E-state index in [0.29, 0.717) is 11.4 Å². The number of benzene rings is 2. The van der Waals surface area contributed by atoms with Crippen molar-refractivity contribution in [1.29, 1.82) is 0 Å². The Balaban J connectivity index is 1.24. The molecule has 12 heteroatoms. The molecule has 2 fully saturated rings. The van der Waals surface area contributed by atoms with E-state index >= 15 is 0 Å². The van der Waals surface area contributed by atoms with Crippen molar-refractivity contribution in [2.75, 3.05) is 24.7 Å². The molecule has 2 saturated carbocycles. The van der Waals surface area contributed by atoms with Crippen molar-refractivity contribution in [3.8, 4) is 0 Å². The van der Waals surface area contributed by atoms with Crippen LogP contribution in [0.2, 0.25) is 0 Å². The summed E-state index contributed by atoms with van der Waals surface area (Å²) in [6, 6.07) is 12.1. The molecule has 2 aliphatic carbocycles. The fraction of sp³-hybridized carbons (Fsp3) is 0.533. The summed E-state index contributed by atoms with van der Waals surface area (Å²) in [7, 11) is -4.00. The standard InChI is InChI=1S/C30H42N4O6S2/c1-33(25-9-5-3-6-10-25)41(37,38)27-17-13-23(14-18-27)31-29(35)21-22-30(36)32-24-15-19-28(20-16-24)42(39,40)34(2)26-11-7-4-8-12-26/h13-20,25-26H,3-12,21-22H2,1-2H3,(H,31,35)(H,32,36). The van der Waals surface area contributed by atoms with Gasteiger partial charge in [0.2, 0.25) is 31.9 Å². The lowest BCUT2D eigenvalue weighted by atomic mass is 9.96. The molecule has 230 valence electrons. The van der Waals surface area contributed by atoms with Crippen molar-refractivity contribution >= 4 is 43.2 Å². The van der Waals surface area contributed by atoms with Crippen molar-refractivity contribution in [2.24, 2.45) is 0 Å². The zero-order chi connectivity index (χ0) is 30.3. The minimum Gasteiger partial charge on any atom is -0.326 e. The van der Waals surface area contributed by atoms with E-state index in [0.717, 1.165) is 64.2 Å². The predicted octanol–water partition coefficient (Wildman–Crippen LogP) is 4.95. The van der Waals surface area contributed by atoms with Gasteiger partial charge in [-0.1, -0.05) is 38.5 Å². The highest BCUT2D eigenvalue weighted by atomic mass is 32.2. The van der Waals surface area contributed by atoms with Crippen molar-refractivity contribution < 1.29 is 26.4 Å². The molecular weight excluding hydrogens is 576 g/mol. The van der Waals surface area contributed by atoms with Gasteiger partial charge in [-0.05, 0) is 74.2 Å². The summed E-state index contributed by atoms with van der Waals surface area (Å²) >= 11 is 0. The molecule has 10 nitrogen and oxygen atoms in total. The van der Waals surface area contributed by atoms with Gasteiger partial charge in [-0.2, -0.15) is 8.61 Å². The Labute approximate surface area is 250 Å². The van der Waals surface area contributed by atoms with E-state index in [1.165, 1.54) is 32.9 Å². The van der Waals surface area contributed by atoms with Gasteiger partial charge < -0.3 is 10.6 Å². The van der Waals surface area contributed by atoms with Gasteiger partial charge in [-0.15, -0.1) is 0 Å². The SMILES string of the molecule is CN(C1CCCCC1)S(=O)(=O)c1ccc(NC(=O)CCC(=O)Nc2ccc(S(=O)(=O)N(C)C3CCCCC3)cc2)cc1. The summed E-state index contributed by atoms with van der Waals surface area (Å²) in [5, 5.41) is 5.39. The molecule has 0 spiro atoms. The molecule has 2 aromatic rings. The largest absolute Gasteiger partial charge is 0.326 e. The third-order valence-electron chi connectivity index (χ3n) is 8.39. The number of carbonyl (C=O) groups excluding carboxylic acids is 2. The predicted molar refractivity (Wildman–Crippen MR) is 163 cm³/mol. The number of amides is 2. The van der Waals surface area contributed by atoms with Crippen LogP contribution in [0.5, 0.6) is 0 Å². The fourth-order valence-electron chi connectivity index (χ4n) is 5.71. The molecule has 0 unspecified atom stereocenters. The average molecular weight is 619 g/mol. The monoisotopic (exact) mass is 618 g/mol. The van der Waals surface area contributed by atoms with Gasteiger partial charge in [-0.25, -0.2) is 16.8 Å². The maximum absolute atomic E-state index is 13.0. The van der Waals surface area contributed by atoms with Crippen molar-refractivity contribution in [2.45, 2.75) is 98.9 Å². The number of sulfonamides is 2. The van der Waals surface area contributed by atoms with Crippen LogP contribution in [0.4, 0.5) is 11.4 Å². The quantitative estimate of drug-likeness (QED) is 0.366. The maximum Gasteiger partial charge on any atom is 0.243 e. The van der Waals surface area contributed by atoms with Crippen molar-refractivity contribution in [3.05, 3.63) is 48.5 Å². The van der Waals surface area contributed by atoms with Crippen LogP contribution in [0.1, 0.15) is 77.0 Å². The molecule has 0 saturated heterocycles. The third kappa shape index (κ3) is 7.97. The van der Waals surface area contributed by atoms with Gasteiger partial charge in [0.05, 0.1) is 9.79 Å². The van der Waals surface area contributed by atoms with E-state index in [9.17, 15) is 26.4 Å². The molecule has 2 aromatic carbocycles. The Morgan fingerprint density at radius 1 is 0.595 bits per heavy atom. The normalized spacial score (nSPS) is 17.3. The lowest BCUT2D eigenvalue weighted by molar-refractivity contribution is -0.121. The molecule has 0 heterocycles. The molecule has 0 bridgehead atoms. The van der Waals surface area contributed by atoms with Crippen LogP contribution in [0.3, 0.4) is 0 Å². The highest BCUT2D eigenvalue weighted by Crippen LogP contribution is 2.28. The summed E-state index contributed by atoms with van der Waals surface area (Å²) in [5.74, 6) is -0.764. The van der Waals surface area contributed by atoms with Gasteiger partial charge in [0.1, 0.15) is 0 Å². The van der Waals surface area contributed by atoms with Crippen LogP contribution in [0.25, 0.3) is 0 Å². The summed E-state index contributed by atoms with van der Waals surface area (Å²) in [6.45, 7) is 0. The molecule has 2 N–H and O–H groups in total. The average Bonchev–Trinajstić information content (AvgIpc) is 3.00. The van der Waals surface area contributed by atoms with Gasteiger partial charge in [0.15, 0.2) is 0 Å². The van der Waals surface area contributed by atoms with Crippen LogP contribution in [-0.2, 0) is 29.6 Å². The van der Waals surface area contributed by atoms with Crippen LogP contribution in [0, 0.1) is 0 Å². The third-order valence-corrected chi connectivity index (χ3v) is 12.2. The summed E-state index contributed by atoms with van der Waals surface area (Å²) in [5.41, 5.74) is 0.879. The molecular formula is C30H42N4O6S2. The zero-order valence-electron chi connectivity index (χ0n) is 24.4. The lowest BCUT2D eigenvalue weighted by Gasteiger charge is -2.30. The molecule has 0 aliphatic heterocycles. The first-order valence-electron chi connectivity index (χ1n) is 14.7. The Morgan fingerprint density at radius 3 is 1.21 bits per heavy atom. The van der Waals surface area contributed by atoms with Crippen molar-refractivity contribution in [1.82, 2.24) is 8.61 Å². The minimum absolute atomic E-state index is 0.00759. The van der Waals surface area contributed by atoms with Crippen LogP contribution >= 0.6 is 0 Å². The number of carbonyl (C=O) groups is 2. The van der Waals surface area contributed by atoms with E-state index < -0.39 is 20.0 Å². The highest BCUT2D eigenvalue weighted by Gasteiger charge is 2.30. The van der Waals surface area contributed by atoms with E-state index in [2.05, 4.69) is 10.6 Å². The highest BCUT2D eigenvalue weighted by molar-refractivity contribution is 7.89. The van der Waals surface area contributed by atoms with Crippen LogP contribution in [-0.4, -0.2) is 63.4 Å². The summed E-state index contributed by atoms with van der Waals surface area (Å²) in [6.07, 6.45) is 9.70. The fourth-order valence-corrected chi connectivity index (χ4v) is 8.54. The number of nitrogens with one attached hydrogen (secondary N) is 2. The zero-order valence-corrected chi connectivity index (χ0v) is 26.1. The number of rotatable bonds is 11. The Kier molecular flexibility index (Phi) is 10.8. The number of hydrogen-bond acceptors (Lipinski definition) is 6. The van der Waals surface area contributed by atoms with Gasteiger partial charge in [-0.3, -0.25) is 9.59 Å². The molecule has 2 aliphatic rings. The summed E-state index contributed by atoms with van der Waals surface area (Å²) < 4.78 is 55.0. The Hall–Kier alpha value is -2.80. The minimum atomic E-state index is -3.62. The van der Waals surface area contributed by atoms with Crippen molar-refractivity contribution in [3.63, 3.8) is 0 Å². The summed E-state index contributed by atoms with van der Waals surface area (Å²) in [4.78, 5) is 25.2.